The number of nitrogens with zero attached hydrogens (tertiary/aromatic N) is 5. The van der Waals surface area contributed by atoms with Crippen LogP contribution in [0.2, 0.25) is 0 Å². The van der Waals surface area contributed by atoms with Crippen LogP contribution in [-0.4, -0.2) is 68.4 Å². The molecule has 32 heavy (non-hydrogen) atoms. The lowest BCUT2D eigenvalue weighted by atomic mass is 10.0. The fourth-order valence-corrected chi connectivity index (χ4v) is 3.93. The van der Waals surface area contributed by atoms with Gasteiger partial charge in [-0.25, -0.2) is 9.97 Å². The third-order valence-corrected chi connectivity index (χ3v) is 5.69. The molecule has 168 valence electrons. The summed E-state index contributed by atoms with van der Waals surface area (Å²) in [5.41, 5.74) is 1.74. The van der Waals surface area contributed by atoms with Crippen molar-refractivity contribution in [1.82, 2.24) is 30.0 Å². The van der Waals surface area contributed by atoms with Crippen LogP contribution < -0.4 is 10.1 Å². The second kappa shape index (κ2) is 9.78. The minimum absolute atomic E-state index is 0.0539. The Labute approximate surface area is 187 Å². The van der Waals surface area contributed by atoms with Crippen LogP contribution in [0.25, 0.3) is 16.9 Å². The van der Waals surface area contributed by atoms with Crippen molar-refractivity contribution in [1.29, 1.82) is 0 Å². The third-order valence-electron chi connectivity index (χ3n) is 5.69. The number of ether oxygens (including phenoxy) is 1. The summed E-state index contributed by atoms with van der Waals surface area (Å²) in [5, 5.41) is 18.0. The summed E-state index contributed by atoms with van der Waals surface area (Å²) in [7, 11) is 1.53. The molecule has 0 aliphatic carbocycles. The minimum Gasteiger partial charge on any atom is -0.493 e. The van der Waals surface area contributed by atoms with Gasteiger partial charge in [0.1, 0.15) is 0 Å². The van der Waals surface area contributed by atoms with E-state index in [0.717, 1.165) is 44.5 Å². The first-order valence-corrected chi connectivity index (χ1v) is 10.9. The van der Waals surface area contributed by atoms with Gasteiger partial charge in [0.15, 0.2) is 5.82 Å². The molecule has 3 aromatic rings. The molecule has 0 aromatic carbocycles. The third kappa shape index (κ3) is 4.72. The molecular weight excluding hydrogens is 408 g/mol. The zero-order valence-electron chi connectivity index (χ0n) is 18.4. The molecule has 0 saturated carbocycles. The average Bonchev–Trinajstić information content (AvgIpc) is 3.22. The molecule has 0 atom stereocenters. The zero-order valence-corrected chi connectivity index (χ0v) is 18.4. The predicted molar refractivity (Wildman–Crippen MR) is 120 cm³/mol. The molecule has 1 saturated heterocycles. The van der Waals surface area contributed by atoms with Crippen molar-refractivity contribution in [3.05, 3.63) is 48.4 Å². The topological polar surface area (TPSA) is 105 Å². The van der Waals surface area contributed by atoms with Gasteiger partial charge < -0.3 is 20.1 Å². The molecule has 1 aliphatic heterocycles. The maximum Gasteiger partial charge on any atom is 0.253 e. The molecule has 1 amide bonds. The summed E-state index contributed by atoms with van der Waals surface area (Å²) in [6.07, 6.45) is 7.73. The van der Waals surface area contributed by atoms with Gasteiger partial charge in [0.2, 0.25) is 11.8 Å². The molecule has 2 N–H and O–H groups in total. The van der Waals surface area contributed by atoms with Crippen LogP contribution in [0.3, 0.4) is 0 Å². The van der Waals surface area contributed by atoms with Crippen LogP contribution in [0.1, 0.15) is 36.5 Å². The Kier molecular flexibility index (Phi) is 6.65. The van der Waals surface area contributed by atoms with E-state index in [2.05, 4.69) is 32.2 Å². The number of hydrogen-bond acceptors (Lipinski definition) is 7. The fourth-order valence-electron chi connectivity index (χ4n) is 3.93. The number of piperidine rings is 1. The number of hydrogen-bond donors (Lipinski definition) is 2. The highest BCUT2D eigenvalue weighted by Gasteiger charge is 2.21. The number of rotatable bonds is 7. The van der Waals surface area contributed by atoms with E-state index < -0.39 is 0 Å². The first kappa shape index (κ1) is 21.8. The van der Waals surface area contributed by atoms with E-state index in [1.807, 2.05) is 0 Å². The van der Waals surface area contributed by atoms with Gasteiger partial charge in [-0.1, -0.05) is 6.92 Å². The number of amides is 1. The first-order valence-electron chi connectivity index (χ1n) is 10.9. The van der Waals surface area contributed by atoms with Crippen LogP contribution in [0.4, 0.5) is 0 Å². The summed E-state index contributed by atoms with van der Waals surface area (Å²) >= 11 is 0. The van der Waals surface area contributed by atoms with Gasteiger partial charge >= 0.3 is 0 Å². The zero-order chi connectivity index (χ0) is 22.5. The molecule has 4 heterocycles. The quantitative estimate of drug-likeness (QED) is 0.587. The lowest BCUT2D eigenvalue weighted by molar-refractivity contribution is 0.0911. The van der Waals surface area contributed by atoms with Gasteiger partial charge in [0.25, 0.3) is 5.91 Å². The lowest BCUT2D eigenvalue weighted by Gasteiger charge is -2.32. The van der Waals surface area contributed by atoms with E-state index in [1.165, 1.54) is 18.0 Å². The normalized spacial score (nSPS) is 14.9. The number of carbonyl (C=O) groups excluding carboxylic acids is 1. The van der Waals surface area contributed by atoms with Crippen molar-refractivity contribution in [3.63, 3.8) is 0 Å². The SMILES string of the molecule is CCCN1CCC(NC(=O)c2ccc(-n3ncc(-c4ccnc(OC)c4)c3O)nc2)CC1. The van der Waals surface area contributed by atoms with E-state index >= 15 is 0 Å². The molecule has 0 radical (unpaired) electrons. The summed E-state index contributed by atoms with van der Waals surface area (Å²) in [4.78, 5) is 23.5. The Balaban J connectivity index is 1.43. The van der Waals surface area contributed by atoms with Crippen molar-refractivity contribution in [2.75, 3.05) is 26.7 Å². The number of pyridine rings is 2. The standard InChI is InChI=1S/C23H28N6O3/c1-3-10-28-11-7-18(8-12-28)27-22(30)17-4-5-20(25-14-17)29-23(31)19(15-26-29)16-6-9-24-21(13-16)32-2/h4-6,9,13-15,18,31H,3,7-8,10-12H2,1-2H3,(H,27,30). The Hall–Kier alpha value is -3.46. The Morgan fingerprint density at radius 1 is 1.22 bits per heavy atom. The van der Waals surface area contributed by atoms with Crippen molar-refractivity contribution < 1.29 is 14.6 Å². The maximum atomic E-state index is 12.6. The summed E-state index contributed by atoms with van der Waals surface area (Å²) in [6.45, 7) is 5.33. The van der Waals surface area contributed by atoms with Gasteiger partial charge in [0.05, 0.1) is 24.4 Å². The molecular formula is C23H28N6O3. The van der Waals surface area contributed by atoms with Gasteiger partial charge in [-0.2, -0.15) is 9.78 Å². The average molecular weight is 437 g/mol. The van der Waals surface area contributed by atoms with E-state index in [0.29, 0.717) is 22.8 Å². The molecule has 1 aliphatic rings. The van der Waals surface area contributed by atoms with E-state index in [1.54, 1.807) is 36.7 Å². The number of nitrogens with one attached hydrogen (secondary N) is 1. The smallest absolute Gasteiger partial charge is 0.253 e. The summed E-state index contributed by atoms with van der Waals surface area (Å²) < 4.78 is 6.47. The Bertz CT molecular complexity index is 1060. The molecule has 9 nitrogen and oxygen atoms in total. The van der Waals surface area contributed by atoms with Crippen LogP contribution >= 0.6 is 0 Å². The highest BCUT2D eigenvalue weighted by Crippen LogP contribution is 2.31. The first-order chi connectivity index (χ1) is 15.6. The van der Waals surface area contributed by atoms with Gasteiger partial charge in [0, 0.05) is 37.6 Å². The minimum atomic E-state index is -0.132. The monoisotopic (exact) mass is 436 g/mol. The molecule has 1 fully saturated rings. The van der Waals surface area contributed by atoms with Crippen LogP contribution in [0.15, 0.2) is 42.9 Å². The van der Waals surface area contributed by atoms with E-state index in [9.17, 15) is 9.90 Å². The van der Waals surface area contributed by atoms with Crippen LogP contribution in [0, 0.1) is 0 Å². The molecule has 0 spiro atoms. The number of methoxy groups -OCH3 is 1. The van der Waals surface area contributed by atoms with E-state index in [4.69, 9.17) is 4.74 Å². The highest BCUT2D eigenvalue weighted by atomic mass is 16.5. The number of likely N-dealkylation sites (tertiary alicyclic amines) is 1. The van der Waals surface area contributed by atoms with Crippen molar-refractivity contribution >= 4 is 5.91 Å². The highest BCUT2D eigenvalue weighted by molar-refractivity contribution is 5.94. The number of aromatic hydroxyl groups is 1. The second-order valence-electron chi connectivity index (χ2n) is 7.87. The lowest BCUT2D eigenvalue weighted by Crippen LogP contribution is -2.44. The number of aromatic nitrogens is 4. The largest absolute Gasteiger partial charge is 0.493 e. The molecule has 3 aromatic heterocycles. The van der Waals surface area contributed by atoms with Gasteiger partial charge in [-0.3, -0.25) is 4.79 Å². The van der Waals surface area contributed by atoms with Crippen LogP contribution in [0.5, 0.6) is 11.8 Å². The molecule has 0 unspecified atom stereocenters. The van der Waals surface area contributed by atoms with Gasteiger partial charge in [-0.15, -0.1) is 0 Å². The number of carbonyl (C=O) groups is 1. The maximum absolute atomic E-state index is 12.6. The van der Waals surface area contributed by atoms with Gasteiger partial charge in [-0.05, 0) is 49.6 Å². The molecule has 9 heteroatoms. The summed E-state index contributed by atoms with van der Waals surface area (Å²) in [6, 6.07) is 7.03. The molecule has 0 bridgehead atoms. The second-order valence-corrected chi connectivity index (χ2v) is 7.87. The molecule has 4 rings (SSSR count). The van der Waals surface area contributed by atoms with Crippen molar-refractivity contribution in [2.45, 2.75) is 32.2 Å². The van der Waals surface area contributed by atoms with Crippen molar-refractivity contribution in [3.8, 4) is 28.7 Å². The van der Waals surface area contributed by atoms with E-state index in [-0.39, 0.29) is 17.8 Å². The Morgan fingerprint density at radius 2 is 2.03 bits per heavy atom. The fraction of sp³-hybridized carbons (Fsp3) is 0.391. The predicted octanol–water partition coefficient (Wildman–Crippen LogP) is 2.65. The van der Waals surface area contributed by atoms with Crippen molar-refractivity contribution in [2.24, 2.45) is 0 Å². The summed E-state index contributed by atoms with van der Waals surface area (Å²) in [5.74, 6) is 0.674. The van der Waals surface area contributed by atoms with Crippen LogP contribution in [-0.2, 0) is 0 Å². The Morgan fingerprint density at radius 3 is 2.72 bits per heavy atom.